The average molecular weight is 347 g/mol. The first-order valence-electron chi connectivity index (χ1n) is 9.76. The standard InChI is InChI=1S/C23H25NO2/c1-14-13-23(2)19(9-10-20(23)25)18-7-5-15-12-16(6-8-17(15)22(14)18)26-21-4-3-11-24-21/h6,8-10,12,21,24H,3-5,7,11,13H2,1-2H3/t21?,23-/m0/s1. The van der Waals surface area contributed by atoms with Crippen LogP contribution in [0.4, 0.5) is 0 Å². The minimum atomic E-state index is -0.336. The van der Waals surface area contributed by atoms with Crippen molar-refractivity contribution >= 4 is 11.4 Å². The van der Waals surface area contributed by atoms with Crippen LogP contribution in [-0.2, 0) is 11.2 Å². The Balaban J connectivity index is 1.54. The summed E-state index contributed by atoms with van der Waals surface area (Å²) in [5.41, 5.74) is 7.73. The predicted molar refractivity (Wildman–Crippen MR) is 103 cm³/mol. The van der Waals surface area contributed by atoms with Crippen LogP contribution in [0.1, 0.15) is 50.7 Å². The lowest BCUT2D eigenvalue weighted by Gasteiger charge is -2.37. The summed E-state index contributed by atoms with van der Waals surface area (Å²) in [7, 11) is 0. The molecule has 1 aliphatic heterocycles. The van der Waals surface area contributed by atoms with E-state index in [9.17, 15) is 4.79 Å². The maximum absolute atomic E-state index is 12.4. The van der Waals surface area contributed by atoms with Crippen LogP contribution in [0.3, 0.4) is 0 Å². The van der Waals surface area contributed by atoms with Crippen molar-refractivity contribution in [2.45, 2.75) is 52.2 Å². The molecular formula is C23H25NO2. The molecule has 0 bridgehead atoms. The van der Waals surface area contributed by atoms with Gasteiger partial charge < -0.3 is 4.74 Å². The van der Waals surface area contributed by atoms with Gasteiger partial charge in [-0.05, 0) is 98.6 Å². The van der Waals surface area contributed by atoms with Crippen molar-refractivity contribution < 1.29 is 9.53 Å². The van der Waals surface area contributed by atoms with Gasteiger partial charge in [-0.3, -0.25) is 10.1 Å². The number of allylic oxidation sites excluding steroid dienone is 6. The van der Waals surface area contributed by atoms with Crippen LogP contribution < -0.4 is 10.1 Å². The zero-order valence-electron chi connectivity index (χ0n) is 15.5. The molecule has 0 spiro atoms. The smallest absolute Gasteiger partial charge is 0.166 e. The number of ether oxygens (including phenoxy) is 1. The minimum Gasteiger partial charge on any atom is -0.475 e. The molecule has 4 aliphatic rings. The second kappa shape index (κ2) is 5.68. The Morgan fingerprint density at radius 1 is 1.23 bits per heavy atom. The second-order valence-corrected chi connectivity index (χ2v) is 8.28. The van der Waals surface area contributed by atoms with Crippen molar-refractivity contribution in [2.75, 3.05) is 6.54 Å². The van der Waals surface area contributed by atoms with Gasteiger partial charge in [-0.2, -0.15) is 0 Å². The summed E-state index contributed by atoms with van der Waals surface area (Å²) in [6, 6.07) is 6.55. The summed E-state index contributed by atoms with van der Waals surface area (Å²) in [6.45, 7) is 5.35. The maximum atomic E-state index is 12.4. The molecule has 1 aromatic carbocycles. The van der Waals surface area contributed by atoms with Gasteiger partial charge >= 0.3 is 0 Å². The highest BCUT2D eigenvalue weighted by Gasteiger charge is 2.44. The van der Waals surface area contributed by atoms with E-state index < -0.39 is 0 Å². The van der Waals surface area contributed by atoms with Crippen molar-refractivity contribution in [3.63, 3.8) is 0 Å². The molecule has 134 valence electrons. The second-order valence-electron chi connectivity index (χ2n) is 8.28. The molecule has 3 aliphatic carbocycles. The van der Waals surface area contributed by atoms with Crippen molar-refractivity contribution in [3.8, 4) is 5.75 Å². The van der Waals surface area contributed by atoms with Crippen molar-refractivity contribution in [2.24, 2.45) is 5.41 Å². The largest absolute Gasteiger partial charge is 0.475 e. The van der Waals surface area contributed by atoms with Crippen LogP contribution in [0, 0.1) is 5.41 Å². The molecule has 26 heavy (non-hydrogen) atoms. The summed E-state index contributed by atoms with van der Waals surface area (Å²) >= 11 is 0. The van der Waals surface area contributed by atoms with E-state index in [1.54, 1.807) is 6.08 Å². The van der Waals surface area contributed by atoms with Gasteiger partial charge in [0.25, 0.3) is 0 Å². The molecule has 1 saturated heterocycles. The number of rotatable bonds is 2. The number of ketones is 1. The lowest BCUT2D eigenvalue weighted by atomic mass is 9.65. The zero-order chi connectivity index (χ0) is 17.9. The van der Waals surface area contributed by atoms with Crippen LogP contribution in [0.25, 0.3) is 5.57 Å². The highest BCUT2D eigenvalue weighted by atomic mass is 16.5. The zero-order valence-corrected chi connectivity index (χ0v) is 15.5. The Morgan fingerprint density at radius 3 is 2.92 bits per heavy atom. The topological polar surface area (TPSA) is 38.3 Å². The van der Waals surface area contributed by atoms with E-state index in [1.807, 2.05) is 0 Å². The first kappa shape index (κ1) is 16.1. The molecule has 1 aromatic rings. The Bertz CT molecular complexity index is 899. The molecule has 0 aromatic heterocycles. The fourth-order valence-corrected chi connectivity index (χ4v) is 5.21. The molecule has 0 saturated carbocycles. The van der Waals surface area contributed by atoms with Crippen molar-refractivity contribution in [3.05, 3.63) is 58.2 Å². The SMILES string of the molecule is CC1=C2C(=C3C=CC(=O)[C@@]3(C)C1)CCc1cc(OC3CCCN3)ccc12. The molecule has 0 amide bonds. The van der Waals surface area contributed by atoms with E-state index in [-0.39, 0.29) is 17.4 Å². The summed E-state index contributed by atoms with van der Waals surface area (Å²) in [5.74, 6) is 1.23. The van der Waals surface area contributed by atoms with Gasteiger partial charge in [0.15, 0.2) is 5.78 Å². The Kier molecular flexibility index (Phi) is 3.51. The first-order chi connectivity index (χ1) is 12.6. The van der Waals surface area contributed by atoms with Gasteiger partial charge in [0.05, 0.1) is 5.41 Å². The van der Waals surface area contributed by atoms with E-state index >= 15 is 0 Å². The molecular weight excluding hydrogens is 322 g/mol. The summed E-state index contributed by atoms with van der Waals surface area (Å²) in [6.07, 6.45) is 9.11. The van der Waals surface area contributed by atoms with Crippen molar-refractivity contribution in [1.82, 2.24) is 5.32 Å². The Labute approximate surface area is 154 Å². The van der Waals surface area contributed by atoms with Gasteiger partial charge in [-0.1, -0.05) is 17.7 Å². The minimum absolute atomic E-state index is 0.153. The Morgan fingerprint density at radius 2 is 2.12 bits per heavy atom. The number of fused-ring (bicyclic) bond motifs is 4. The number of aryl methyl sites for hydroxylation is 1. The maximum Gasteiger partial charge on any atom is 0.166 e. The number of nitrogens with one attached hydrogen (secondary N) is 1. The molecule has 1 unspecified atom stereocenters. The molecule has 0 radical (unpaired) electrons. The van der Waals surface area contributed by atoms with Crippen LogP contribution in [0.15, 0.2) is 47.1 Å². The molecule has 3 nitrogen and oxygen atoms in total. The van der Waals surface area contributed by atoms with Crippen LogP contribution in [0.2, 0.25) is 0 Å². The summed E-state index contributed by atoms with van der Waals surface area (Å²) in [5, 5.41) is 3.39. The Hall–Kier alpha value is -2.13. The van der Waals surface area contributed by atoms with Crippen LogP contribution in [-0.4, -0.2) is 18.6 Å². The van der Waals surface area contributed by atoms with E-state index in [2.05, 4.69) is 43.4 Å². The van der Waals surface area contributed by atoms with Crippen molar-refractivity contribution in [1.29, 1.82) is 0 Å². The normalized spacial score (nSPS) is 29.8. The van der Waals surface area contributed by atoms with Crippen LogP contribution in [0.5, 0.6) is 5.75 Å². The fourth-order valence-electron chi connectivity index (χ4n) is 5.21. The fraction of sp³-hybridized carbons (Fsp3) is 0.435. The molecule has 5 rings (SSSR count). The molecule has 2 atom stereocenters. The number of benzene rings is 1. The molecule has 1 fully saturated rings. The third-order valence-corrected chi connectivity index (χ3v) is 6.50. The first-order valence-corrected chi connectivity index (χ1v) is 9.76. The monoisotopic (exact) mass is 347 g/mol. The van der Waals surface area contributed by atoms with E-state index in [0.717, 1.165) is 38.0 Å². The van der Waals surface area contributed by atoms with E-state index in [1.165, 1.54) is 39.8 Å². The molecule has 1 heterocycles. The van der Waals surface area contributed by atoms with Gasteiger partial charge in [0.1, 0.15) is 12.0 Å². The van der Waals surface area contributed by atoms with E-state index in [0.29, 0.717) is 0 Å². The number of carbonyl (C=O) groups is 1. The highest BCUT2D eigenvalue weighted by Crippen LogP contribution is 2.53. The quantitative estimate of drug-likeness (QED) is 0.865. The lowest BCUT2D eigenvalue weighted by Crippen LogP contribution is -2.30. The van der Waals surface area contributed by atoms with Gasteiger partial charge in [-0.15, -0.1) is 0 Å². The van der Waals surface area contributed by atoms with Gasteiger partial charge in [0.2, 0.25) is 0 Å². The van der Waals surface area contributed by atoms with E-state index in [4.69, 9.17) is 4.74 Å². The third kappa shape index (κ3) is 2.26. The molecule has 3 heteroatoms. The highest BCUT2D eigenvalue weighted by molar-refractivity contribution is 6.05. The summed E-state index contributed by atoms with van der Waals surface area (Å²) in [4.78, 5) is 12.4. The van der Waals surface area contributed by atoms with Gasteiger partial charge in [0, 0.05) is 0 Å². The summed E-state index contributed by atoms with van der Waals surface area (Å²) < 4.78 is 6.11. The average Bonchev–Trinajstić information content (AvgIpc) is 3.23. The third-order valence-electron chi connectivity index (χ3n) is 6.50. The van der Waals surface area contributed by atoms with Gasteiger partial charge in [-0.25, -0.2) is 0 Å². The number of hydrogen-bond donors (Lipinski definition) is 1. The molecule has 1 N–H and O–H groups in total. The van der Waals surface area contributed by atoms with Crippen LogP contribution >= 0.6 is 0 Å². The lowest BCUT2D eigenvalue weighted by molar-refractivity contribution is -0.120. The number of hydrogen-bond acceptors (Lipinski definition) is 3. The number of carbonyl (C=O) groups excluding carboxylic acids is 1. The predicted octanol–water partition coefficient (Wildman–Crippen LogP) is 4.34.